The highest BCUT2D eigenvalue weighted by Gasteiger charge is 2.38. The molecular weight excluding hydrogens is 376 g/mol. The third kappa shape index (κ3) is 4.09. The molecule has 2 aromatic carbocycles. The summed E-state index contributed by atoms with van der Waals surface area (Å²) in [6.07, 6.45) is 0.646. The van der Waals surface area contributed by atoms with E-state index in [1.165, 1.54) is 0 Å². The lowest BCUT2D eigenvalue weighted by Gasteiger charge is -2.21. The second-order valence-corrected chi connectivity index (χ2v) is 8.33. The lowest BCUT2D eigenvalue weighted by atomic mass is 9.97. The van der Waals surface area contributed by atoms with Crippen LogP contribution in [-0.4, -0.2) is 54.9 Å². The van der Waals surface area contributed by atoms with Crippen LogP contribution in [0.3, 0.4) is 0 Å². The van der Waals surface area contributed by atoms with Crippen LogP contribution < -0.4 is 10.6 Å². The first-order chi connectivity index (χ1) is 14.4. The molecule has 3 N–H and O–H groups in total. The summed E-state index contributed by atoms with van der Waals surface area (Å²) in [6, 6.07) is 15.6. The number of nitrogens with zero attached hydrogens (tertiary/aromatic N) is 1. The lowest BCUT2D eigenvalue weighted by Crippen LogP contribution is -2.44. The third-order valence-electron chi connectivity index (χ3n) is 5.71. The summed E-state index contributed by atoms with van der Waals surface area (Å²) in [5.74, 6) is -0.619. The molecular formula is C24H28N4O2. The van der Waals surface area contributed by atoms with E-state index in [0.717, 1.165) is 34.1 Å². The predicted molar refractivity (Wildman–Crippen MR) is 119 cm³/mol. The second kappa shape index (κ2) is 8.32. The first-order valence-corrected chi connectivity index (χ1v) is 10.3. The van der Waals surface area contributed by atoms with Crippen LogP contribution in [0.5, 0.6) is 0 Å². The van der Waals surface area contributed by atoms with Gasteiger partial charge < -0.3 is 20.5 Å². The van der Waals surface area contributed by atoms with Crippen LogP contribution in [0.2, 0.25) is 0 Å². The first-order valence-electron chi connectivity index (χ1n) is 10.3. The number of likely N-dealkylation sites (N-methyl/N-ethyl adjacent to an activating group) is 1. The van der Waals surface area contributed by atoms with E-state index >= 15 is 0 Å². The molecule has 1 aliphatic rings. The molecule has 6 heteroatoms. The van der Waals surface area contributed by atoms with Crippen LogP contribution in [0.4, 0.5) is 0 Å². The zero-order valence-electron chi connectivity index (χ0n) is 17.7. The van der Waals surface area contributed by atoms with Gasteiger partial charge in [-0.2, -0.15) is 0 Å². The summed E-state index contributed by atoms with van der Waals surface area (Å²) in [5, 5.41) is 7.14. The van der Waals surface area contributed by atoms with Gasteiger partial charge in [0.1, 0.15) is 5.69 Å². The Hall–Kier alpha value is -3.12. The molecule has 6 nitrogen and oxygen atoms in total. The van der Waals surface area contributed by atoms with Crippen LogP contribution in [0.15, 0.2) is 48.5 Å². The van der Waals surface area contributed by atoms with Crippen molar-refractivity contribution in [2.45, 2.75) is 25.3 Å². The Kier molecular flexibility index (Phi) is 5.59. The van der Waals surface area contributed by atoms with Crippen LogP contribution in [0.25, 0.3) is 10.9 Å². The summed E-state index contributed by atoms with van der Waals surface area (Å²) in [4.78, 5) is 31.2. The molecule has 2 atom stereocenters. The number of rotatable bonds is 6. The highest BCUT2D eigenvalue weighted by atomic mass is 16.2. The number of benzene rings is 2. The number of aromatic nitrogens is 1. The standard InChI is InChI=1S/C24H28N4O2/c1-15-8-9-19-17(12-15)14-21(26-19)23(29)27-20-13-16-6-4-5-7-18(16)22(20)24(30)25-10-11-28(2)3/h4-9,12,14,20,22,26H,10-11,13H2,1-3H3,(H,25,30)(H,27,29)/t20-,22-/m0/s1. The fourth-order valence-electron chi connectivity index (χ4n) is 4.19. The number of nitrogens with one attached hydrogen (secondary N) is 3. The van der Waals surface area contributed by atoms with E-state index in [1.807, 2.05) is 68.4 Å². The maximum Gasteiger partial charge on any atom is 0.267 e. The van der Waals surface area contributed by atoms with E-state index < -0.39 is 0 Å². The molecule has 0 unspecified atom stereocenters. The Morgan fingerprint density at radius 1 is 1.13 bits per heavy atom. The molecule has 0 fully saturated rings. The Morgan fingerprint density at radius 2 is 1.93 bits per heavy atom. The normalized spacial score (nSPS) is 17.9. The van der Waals surface area contributed by atoms with Crippen LogP contribution in [0.1, 0.15) is 33.1 Å². The number of carbonyl (C=O) groups excluding carboxylic acids is 2. The number of H-pyrrole nitrogens is 1. The molecule has 4 rings (SSSR count). The summed E-state index contributed by atoms with van der Waals surface area (Å²) in [7, 11) is 3.95. The van der Waals surface area contributed by atoms with Gasteiger partial charge in [0, 0.05) is 30.0 Å². The number of hydrogen-bond acceptors (Lipinski definition) is 3. The van der Waals surface area contributed by atoms with Crippen LogP contribution >= 0.6 is 0 Å². The van der Waals surface area contributed by atoms with E-state index in [1.54, 1.807) is 0 Å². The molecule has 0 radical (unpaired) electrons. The number of amides is 2. The van der Waals surface area contributed by atoms with Gasteiger partial charge in [0.25, 0.3) is 5.91 Å². The number of fused-ring (bicyclic) bond motifs is 2. The molecule has 30 heavy (non-hydrogen) atoms. The molecule has 3 aromatic rings. The number of hydrogen-bond donors (Lipinski definition) is 3. The molecule has 0 saturated heterocycles. The highest BCUT2D eigenvalue weighted by Crippen LogP contribution is 2.33. The molecule has 0 spiro atoms. The highest BCUT2D eigenvalue weighted by molar-refractivity contribution is 5.99. The van der Waals surface area contributed by atoms with Crippen molar-refractivity contribution in [3.63, 3.8) is 0 Å². The maximum absolute atomic E-state index is 13.0. The van der Waals surface area contributed by atoms with Gasteiger partial charge in [0.2, 0.25) is 5.91 Å². The fraction of sp³-hybridized carbons (Fsp3) is 0.333. The zero-order valence-corrected chi connectivity index (χ0v) is 17.7. The van der Waals surface area contributed by atoms with Crippen molar-refractivity contribution in [2.24, 2.45) is 0 Å². The van der Waals surface area contributed by atoms with Crippen molar-refractivity contribution >= 4 is 22.7 Å². The summed E-state index contributed by atoms with van der Waals surface area (Å²) in [6.45, 7) is 3.37. The predicted octanol–water partition coefficient (Wildman–Crippen LogP) is 2.59. The minimum Gasteiger partial charge on any atom is -0.354 e. The average Bonchev–Trinajstić information content (AvgIpc) is 3.28. The Labute approximate surface area is 176 Å². The minimum atomic E-state index is -0.390. The largest absolute Gasteiger partial charge is 0.354 e. The lowest BCUT2D eigenvalue weighted by molar-refractivity contribution is -0.122. The van der Waals surface area contributed by atoms with Gasteiger partial charge in [-0.3, -0.25) is 9.59 Å². The van der Waals surface area contributed by atoms with Gasteiger partial charge in [-0.1, -0.05) is 35.9 Å². The Morgan fingerprint density at radius 3 is 2.73 bits per heavy atom. The molecule has 1 aliphatic carbocycles. The van der Waals surface area contributed by atoms with E-state index in [9.17, 15) is 9.59 Å². The Bertz CT molecular complexity index is 1090. The minimum absolute atomic E-state index is 0.0422. The molecule has 0 saturated carbocycles. The van der Waals surface area contributed by atoms with Gasteiger partial charge in [0.05, 0.1) is 5.92 Å². The topological polar surface area (TPSA) is 77.2 Å². The number of aromatic amines is 1. The van der Waals surface area contributed by atoms with Crippen molar-refractivity contribution in [2.75, 3.05) is 27.2 Å². The summed E-state index contributed by atoms with van der Waals surface area (Å²) < 4.78 is 0. The van der Waals surface area contributed by atoms with Crippen LogP contribution in [-0.2, 0) is 11.2 Å². The van der Waals surface area contributed by atoms with Crippen molar-refractivity contribution in [3.8, 4) is 0 Å². The number of aryl methyl sites for hydroxylation is 1. The van der Waals surface area contributed by atoms with Crippen molar-refractivity contribution in [1.82, 2.24) is 20.5 Å². The monoisotopic (exact) mass is 404 g/mol. The van der Waals surface area contributed by atoms with E-state index in [2.05, 4.69) is 21.7 Å². The molecule has 0 aliphatic heterocycles. The summed E-state index contributed by atoms with van der Waals surface area (Å²) >= 11 is 0. The van der Waals surface area contributed by atoms with Gasteiger partial charge in [-0.25, -0.2) is 0 Å². The maximum atomic E-state index is 13.0. The quantitative estimate of drug-likeness (QED) is 0.591. The number of carbonyl (C=O) groups is 2. The molecule has 1 heterocycles. The van der Waals surface area contributed by atoms with E-state index in [-0.39, 0.29) is 23.8 Å². The molecule has 156 valence electrons. The van der Waals surface area contributed by atoms with Gasteiger partial charge in [0.15, 0.2) is 0 Å². The summed E-state index contributed by atoms with van der Waals surface area (Å²) in [5.41, 5.74) is 4.70. The zero-order chi connectivity index (χ0) is 21.3. The average molecular weight is 405 g/mol. The van der Waals surface area contributed by atoms with E-state index in [4.69, 9.17) is 0 Å². The second-order valence-electron chi connectivity index (χ2n) is 8.33. The third-order valence-corrected chi connectivity index (χ3v) is 5.71. The van der Waals surface area contributed by atoms with Crippen LogP contribution in [0, 0.1) is 6.92 Å². The first kappa shape index (κ1) is 20.2. The van der Waals surface area contributed by atoms with Gasteiger partial charge in [-0.15, -0.1) is 0 Å². The smallest absolute Gasteiger partial charge is 0.267 e. The van der Waals surface area contributed by atoms with Crippen molar-refractivity contribution in [3.05, 3.63) is 70.9 Å². The van der Waals surface area contributed by atoms with E-state index in [0.29, 0.717) is 18.7 Å². The molecule has 0 bridgehead atoms. The fourth-order valence-corrected chi connectivity index (χ4v) is 4.19. The Balaban J connectivity index is 1.53. The molecule has 1 aromatic heterocycles. The van der Waals surface area contributed by atoms with Gasteiger partial charge in [-0.05, 0) is 56.8 Å². The van der Waals surface area contributed by atoms with Crippen molar-refractivity contribution < 1.29 is 9.59 Å². The molecule has 2 amide bonds. The van der Waals surface area contributed by atoms with Crippen molar-refractivity contribution in [1.29, 1.82) is 0 Å². The van der Waals surface area contributed by atoms with Gasteiger partial charge >= 0.3 is 0 Å². The SMILES string of the molecule is Cc1ccc2[nH]c(C(=O)N[C@H]3Cc4ccccc4[C@@H]3C(=O)NCCN(C)C)cc2c1.